The van der Waals surface area contributed by atoms with E-state index in [0.29, 0.717) is 32.8 Å². The zero-order valence-corrected chi connectivity index (χ0v) is 69.8. The van der Waals surface area contributed by atoms with Gasteiger partial charge in [0.1, 0.15) is 5.69 Å². The number of ether oxygens (including phenoxy) is 3. The van der Waals surface area contributed by atoms with E-state index in [1.165, 1.54) is 42.9 Å². The van der Waals surface area contributed by atoms with Crippen molar-refractivity contribution in [2.45, 2.75) is 261 Å². The number of fused-ring (bicyclic) bond motifs is 2. The van der Waals surface area contributed by atoms with E-state index in [1.807, 2.05) is 83.1 Å². The van der Waals surface area contributed by atoms with Gasteiger partial charge >= 0.3 is 58.2 Å². The summed E-state index contributed by atoms with van der Waals surface area (Å²) in [4.78, 5) is 14.8. The third kappa shape index (κ3) is 28.8. The second-order valence-corrected chi connectivity index (χ2v) is 32.9. The minimum atomic E-state index is -4.79. The molecule has 49 heteroatoms. The Labute approximate surface area is 708 Å². The molecule has 0 amide bonds. The maximum atomic E-state index is 13.0. The highest BCUT2D eigenvalue weighted by Gasteiger charge is 2.64. The van der Waals surface area contributed by atoms with Crippen LogP contribution in [0.15, 0.2) is 94.4 Å². The average Bonchev–Trinajstić information content (AvgIpc) is 1.59. The van der Waals surface area contributed by atoms with Gasteiger partial charge in [0, 0.05) is 69.0 Å². The Bertz CT molecular complexity index is 4450. The van der Waals surface area contributed by atoms with E-state index in [-0.39, 0.29) is 108 Å². The third-order valence-corrected chi connectivity index (χ3v) is 19.3. The molecule has 668 valence electrons. The van der Waals surface area contributed by atoms with E-state index in [9.17, 15) is 83.4 Å². The maximum absolute atomic E-state index is 13.0. The van der Waals surface area contributed by atoms with Crippen molar-refractivity contribution in [1.82, 2.24) is 59.6 Å². The lowest BCUT2D eigenvalue weighted by molar-refractivity contribution is -0.245. The zero-order chi connectivity index (χ0) is 88.5. The fourth-order valence-electron chi connectivity index (χ4n) is 8.04. The molecule has 3 fully saturated rings. The molecule has 0 unspecified atom stereocenters. The molecule has 0 aliphatic carbocycles. The smallest absolute Gasteiger partial charge is 0.462 e. The van der Waals surface area contributed by atoms with E-state index in [1.54, 1.807) is 18.2 Å². The van der Waals surface area contributed by atoms with Gasteiger partial charge in [0.25, 0.3) is 11.6 Å². The van der Waals surface area contributed by atoms with Crippen molar-refractivity contribution < 1.29 is 131 Å². The van der Waals surface area contributed by atoms with E-state index < -0.39 is 109 Å². The Morgan fingerprint density at radius 2 is 0.714 bits per heavy atom. The van der Waals surface area contributed by atoms with Gasteiger partial charge in [0.15, 0.2) is 38.9 Å². The van der Waals surface area contributed by atoms with Crippen LogP contribution in [0.2, 0.25) is 15.2 Å². The summed E-state index contributed by atoms with van der Waals surface area (Å²) in [5.41, 5.74) is -11.7. The Hall–Kier alpha value is -6.49. The largest absolute Gasteiger partial charge is 0.496 e. The number of pyridine rings is 4. The summed E-state index contributed by atoms with van der Waals surface area (Å²) in [7, 11) is -1.57. The molecule has 0 atom stereocenters. The van der Waals surface area contributed by atoms with Gasteiger partial charge in [0.2, 0.25) is 23.6 Å². The fourth-order valence-corrected chi connectivity index (χ4v) is 9.02. The van der Waals surface area contributed by atoms with Crippen molar-refractivity contribution in [3.63, 3.8) is 0 Å². The summed E-state index contributed by atoms with van der Waals surface area (Å²) in [6.45, 7) is 30.8. The maximum Gasteiger partial charge on any atom is 0.496 e. The van der Waals surface area contributed by atoms with Gasteiger partial charge < -0.3 is 47.2 Å². The van der Waals surface area contributed by atoms with Gasteiger partial charge in [-0.25, -0.2) is 19.9 Å². The van der Waals surface area contributed by atoms with Crippen LogP contribution in [0, 0.1) is 5.95 Å². The summed E-state index contributed by atoms with van der Waals surface area (Å²) in [6, 6.07) is 13.5. The summed E-state index contributed by atoms with van der Waals surface area (Å²) >= 11 is 23.3. The van der Waals surface area contributed by atoms with Crippen LogP contribution in [0.25, 0.3) is 22.6 Å². The highest BCUT2D eigenvalue weighted by atomic mass is 79.9. The Kier molecular flexibility index (Phi) is 36.8. The first-order chi connectivity index (χ1) is 51.6. The Morgan fingerprint density at radius 3 is 1.00 bits per heavy atom. The summed E-state index contributed by atoms with van der Waals surface area (Å²) < 4.78 is 289. The van der Waals surface area contributed by atoms with Crippen molar-refractivity contribution in [3.05, 3.63) is 127 Å². The predicted molar refractivity (Wildman–Crippen MR) is 417 cm³/mol. The van der Waals surface area contributed by atoms with Crippen LogP contribution in [0.4, 0.5) is 83.4 Å². The molecule has 22 nitrogen and oxygen atoms in total. The van der Waals surface area contributed by atoms with Gasteiger partial charge in [-0.2, -0.15) is 103 Å². The van der Waals surface area contributed by atoms with Crippen LogP contribution in [-0.2, 0) is 40.3 Å². The van der Waals surface area contributed by atoms with Crippen LogP contribution in [0.3, 0.4) is 0 Å². The van der Waals surface area contributed by atoms with E-state index >= 15 is 0 Å². The molecule has 3 aliphatic heterocycles. The van der Waals surface area contributed by atoms with E-state index in [0.717, 1.165) is 70.4 Å². The molecular formula is C70H91B3Br2Cl3F19N12O10. The molecule has 3 saturated heterocycles. The van der Waals surface area contributed by atoms with Gasteiger partial charge in [-0.05, 0) is 201 Å². The number of hydrogen-bond donors (Lipinski definition) is 1. The number of nitrogens with zero attached hydrogens (tertiary/aromatic N) is 12. The van der Waals surface area contributed by atoms with Crippen LogP contribution >= 0.6 is 66.7 Å². The fraction of sp³-hybridized carbons (Fsp3) is 0.571. The van der Waals surface area contributed by atoms with Crippen LogP contribution in [-0.4, -0.2) is 167 Å². The first-order valence-corrected chi connectivity index (χ1v) is 35.9. The molecular weight excluding hydrogens is 1830 g/mol. The van der Waals surface area contributed by atoms with Crippen LogP contribution in [0.5, 0.6) is 17.6 Å². The molecule has 11 heterocycles. The van der Waals surface area contributed by atoms with E-state index in [4.69, 9.17) is 82.0 Å². The number of aliphatic hydroxyl groups is 1. The number of aromatic nitrogens is 12. The quantitative estimate of drug-likeness (QED) is 0.0802. The number of halogens is 24. The molecule has 3 aliphatic rings. The lowest BCUT2D eigenvalue weighted by Crippen LogP contribution is -2.45. The molecule has 0 saturated carbocycles. The monoisotopic (exact) mass is 1920 g/mol. The molecule has 11 rings (SSSR count). The topological polar surface area (TPSA) is 241 Å². The minimum absolute atomic E-state index is 0. The van der Waals surface area contributed by atoms with Gasteiger partial charge in [-0.3, -0.25) is 0 Å². The summed E-state index contributed by atoms with van der Waals surface area (Å²) in [5, 5.41) is 27.8. The van der Waals surface area contributed by atoms with Gasteiger partial charge in [-0.15, -0.1) is 20.4 Å². The average molecular weight is 1920 g/mol. The van der Waals surface area contributed by atoms with Crippen LogP contribution in [0.1, 0.15) is 180 Å². The third-order valence-electron chi connectivity index (χ3n) is 17.4. The number of hydrogen-bond acceptors (Lipinski definition) is 20. The number of alkyl halides is 18. The zero-order valence-electron chi connectivity index (χ0n) is 64.4. The molecule has 0 radical (unpaired) electrons. The summed E-state index contributed by atoms with van der Waals surface area (Å²) in [5.74, 6) is -3.53. The Morgan fingerprint density at radius 1 is 0.403 bits per heavy atom. The molecule has 0 bridgehead atoms. The van der Waals surface area contributed by atoms with Gasteiger partial charge in [0.05, 0.1) is 43.7 Å². The second kappa shape index (κ2) is 39.6. The first kappa shape index (κ1) is 111. The molecule has 0 aromatic carbocycles. The Balaban J connectivity index is 0.000000715. The van der Waals surface area contributed by atoms with Crippen molar-refractivity contribution in [3.8, 4) is 28.9 Å². The SMILES string of the molecule is C.C.C.C.CC(C)(O)C(F)(F)F.CC(C)(Oc1ccc(-c2nn3c(C(F)(F)F)nnc3cc2Cl)cn1)C(F)(F)F.CC(C)(Oc1ccc(B2OC(C)(C)C(C)(C)O2)cn1)C(F)(F)F.CC(C)(Oc1ccc(Br)cn1)C(F)(F)F.CC1(C)OB(B2OC(C)(C)C(C)(C)O2)OC1(C)C.FC(F)(F)c1nnc2cc(Cl)c(Cl)nn12.Fc1ccc(Br)cn1. The van der Waals surface area contributed by atoms with Crippen molar-refractivity contribution in [2.75, 3.05) is 0 Å². The first-order valence-electron chi connectivity index (χ1n) is 33.2. The lowest BCUT2D eigenvalue weighted by atomic mass is 9.49. The lowest BCUT2D eigenvalue weighted by Gasteiger charge is -2.32. The van der Waals surface area contributed by atoms with Gasteiger partial charge in [-0.1, -0.05) is 70.6 Å². The molecule has 119 heavy (non-hydrogen) atoms. The van der Waals surface area contributed by atoms with E-state index in [2.05, 4.69) is 82.4 Å². The van der Waals surface area contributed by atoms with Crippen molar-refractivity contribution in [2.24, 2.45) is 0 Å². The highest BCUT2D eigenvalue weighted by Crippen LogP contribution is 2.45. The minimum Gasteiger partial charge on any atom is -0.462 e. The predicted octanol–water partition coefficient (Wildman–Crippen LogP) is 21.8. The van der Waals surface area contributed by atoms with Crippen molar-refractivity contribution in [1.29, 1.82) is 0 Å². The molecule has 1 N–H and O–H groups in total. The van der Waals surface area contributed by atoms with Crippen molar-refractivity contribution >= 4 is 105 Å². The number of rotatable bonds is 9. The second-order valence-electron chi connectivity index (χ2n) is 29.9. The van der Waals surface area contributed by atoms with Crippen LogP contribution < -0.4 is 19.7 Å². The summed E-state index contributed by atoms with van der Waals surface area (Å²) in [6.07, 6.45) is -22.2. The molecule has 8 aromatic heterocycles. The highest BCUT2D eigenvalue weighted by molar-refractivity contribution is 9.10. The normalized spacial score (nSPS) is 16.7. The molecule has 0 spiro atoms. The standard InChI is InChI=1S/C15H21BF3NO3.C15H10ClF6N5O.C12H24B2O4.C9H9BrF3NO.C6HCl2F3N4.C5H3BrFN.C4H7F3O.4CH4/c1-12(2)13(3,4)23-16(22-12)10-7-8-11(20-9-10)21-14(5,6)15(17,18)19;1-13(2,15(20,21)22)28-10-4-3-7(6-23-10)11-8(16)5-9-24-25-12(14(17,18)19)27(9)26-11;1-9(2)10(3,4)16-13(15-9)14-17-11(5,6)12(7,8)18-14;1-8(2,9(11,12)13)15-7-4-3-6(10)5-14-7;7-2-1-3-12-13-5(6(9,10)11)15(3)14-4(2)8;6-4-1-2-5(7)8-3-4;1-3(2,8)4(5,6)7;;;;/h7-9H,1-6H3;3-6H,1-2H3;1-8H3;3-5H,1-2H3;1H;1-3H;8H,1-2H3;4*1H4. The molecule has 8 aromatic rings.